The van der Waals surface area contributed by atoms with E-state index >= 15 is 0 Å². The van der Waals surface area contributed by atoms with E-state index in [4.69, 9.17) is 11.6 Å². The van der Waals surface area contributed by atoms with E-state index in [1.165, 1.54) is 0 Å². The quantitative estimate of drug-likeness (QED) is 0.459. The van der Waals surface area contributed by atoms with Crippen molar-refractivity contribution in [2.45, 2.75) is 6.92 Å². The molecule has 0 nitrogen and oxygen atoms in total. The molecule has 0 fully saturated rings. The van der Waals surface area contributed by atoms with E-state index in [-0.39, 0.29) is 0 Å². The van der Waals surface area contributed by atoms with Crippen LogP contribution in [0.15, 0.2) is 12.2 Å². The number of rotatable bonds is 1. The smallest absolute Gasteiger partial charge is 0.110 e. The lowest BCUT2D eigenvalue weighted by Crippen LogP contribution is -1.56. The SMILES string of the molecule is C=C(C)[C]Cl. The molecule has 0 aliphatic heterocycles. The predicted octanol–water partition coefficient (Wildman–Crippen LogP) is 1.84. The summed E-state index contributed by atoms with van der Waals surface area (Å²) in [6.07, 6.45) is 0. The van der Waals surface area contributed by atoms with E-state index < -0.39 is 0 Å². The first-order valence-electron chi connectivity index (χ1n) is 1.29. The highest BCUT2D eigenvalue weighted by atomic mass is 35.5. The van der Waals surface area contributed by atoms with Crippen molar-refractivity contribution in [1.29, 1.82) is 0 Å². The minimum atomic E-state index is 0.770. The highest BCUT2D eigenvalue weighted by Crippen LogP contribution is 1.94. The maximum absolute atomic E-state index is 4.99. The van der Waals surface area contributed by atoms with Crippen LogP contribution in [-0.2, 0) is 0 Å². The van der Waals surface area contributed by atoms with Crippen molar-refractivity contribution in [3.63, 3.8) is 0 Å². The zero-order valence-electron chi connectivity index (χ0n) is 3.09. The summed E-state index contributed by atoms with van der Waals surface area (Å²) in [6.45, 7) is 5.22. The highest BCUT2D eigenvalue weighted by molar-refractivity contribution is 6.24. The molecule has 28 valence electrons. The first-order chi connectivity index (χ1) is 2.27. The van der Waals surface area contributed by atoms with Gasteiger partial charge in [0.1, 0.15) is 5.88 Å². The average molecular weight is 88.5 g/mol. The molecule has 5 heavy (non-hydrogen) atoms. The van der Waals surface area contributed by atoms with Gasteiger partial charge in [0.15, 0.2) is 0 Å². The zero-order valence-corrected chi connectivity index (χ0v) is 3.84. The lowest BCUT2D eigenvalue weighted by Gasteiger charge is -1.75. The predicted molar refractivity (Wildman–Crippen MR) is 23.9 cm³/mol. The van der Waals surface area contributed by atoms with E-state index in [1.807, 2.05) is 0 Å². The van der Waals surface area contributed by atoms with Crippen LogP contribution in [0.4, 0.5) is 0 Å². The Morgan fingerprint density at radius 3 is 2.20 bits per heavy atom. The van der Waals surface area contributed by atoms with Crippen molar-refractivity contribution in [3.05, 3.63) is 18.0 Å². The fraction of sp³-hybridized carbons (Fsp3) is 0.250. The number of hydrogen-bond acceptors (Lipinski definition) is 0. The molecule has 0 amide bonds. The lowest BCUT2D eigenvalue weighted by molar-refractivity contribution is 1.54. The van der Waals surface area contributed by atoms with Crippen LogP contribution in [0.2, 0.25) is 0 Å². The summed E-state index contributed by atoms with van der Waals surface area (Å²) in [5.74, 6) is 2.31. The maximum atomic E-state index is 4.99. The molecule has 2 radical (unpaired) electrons. The van der Waals surface area contributed by atoms with Crippen LogP contribution in [0.5, 0.6) is 0 Å². The molecule has 0 aromatic carbocycles. The minimum Gasteiger partial charge on any atom is -0.110 e. The number of hydrogen-bond donors (Lipinski definition) is 0. The largest absolute Gasteiger partial charge is 0.115 e. The van der Waals surface area contributed by atoms with Crippen molar-refractivity contribution in [2.24, 2.45) is 0 Å². The fourth-order valence-corrected chi connectivity index (χ4v) is 0. The molecule has 0 saturated carbocycles. The van der Waals surface area contributed by atoms with Gasteiger partial charge in [0, 0.05) is 0 Å². The Hall–Kier alpha value is 0.0300. The van der Waals surface area contributed by atoms with Gasteiger partial charge in [-0.3, -0.25) is 0 Å². The van der Waals surface area contributed by atoms with Crippen LogP contribution in [0, 0.1) is 5.88 Å². The Morgan fingerprint density at radius 2 is 2.20 bits per heavy atom. The van der Waals surface area contributed by atoms with Crippen molar-refractivity contribution in [3.8, 4) is 0 Å². The molecule has 0 atom stereocenters. The topological polar surface area (TPSA) is 0 Å². The number of allylic oxidation sites excluding steroid dienone is 1. The van der Waals surface area contributed by atoms with Crippen LogP contribution in [0.3, 0.4) is 0 Å². The van der Waals surface area contributed by atoms with Crippen molar-refractivity contribution in [1.82, 2.24) is 0 Å². The Bertz CT molecular complexity index is 38.9. The van der Waals surface area contributed by atoms with Gasteiger partial charge in [0.25, 0.3) is 0 Å². The van der Waals surface area contributed by atoms with Gasteiger partial charge in [-0.15, -0.1) is 11.6 Å². The van der Waals surface area contributed by atoms with E-state index in [2.05, 4.69) is 12.5 Å². The van der Waals surface area contributed by atoms with Crippen molar-refractivity contribution in [2.75, 3.05) is 0 Å². The van der Waals surface area contributed by atoms with Crippen LogP contribution in [0.25, 0.3) is 0 Å². The summed E-state index contributed by atoms with van der Waals surface area (Å²) in [7, 11) is 0. The van der Waals surface area contributed by atoms with E-state index in [9.17, 15) is 0 Å². The normalized spacial score (nSPS) is 7.60. The summed E-state index contributed by atoms with van der Waals surface area (Å²) in [4.78, 5) is 0. The van der Waals surface area contributed by atoms with Gasteiger partial charge in [-0.2, -0.15) is 0 Å². The standard InChI is InChI=1S/C4H5Cl/c1-4(2)3-5/h1H2,2H3. The third kappa shape index (κ3) is 4.03. The lowest BCUT2D eigenvalue weighted by atomic mass is 10.4. The molecule has 0 aromatic heterocycles. The van der Waals surface area contributed by atoms with Gasteiger partial charge < -0.3 is 0 Å². The third-order valence-electron chi connectivity index (χ3n) is 0.161. The first kappa shape index (κ1) is 5.03. The van der Waals surface area contributed by atoms with Gasteiger partial charge in [0.2, 0.25) is 0 Å². The second-order valence-corrected chi connectivity index (χ2v) is 1.06. The molecule has 0 unspecified atom stereocenters. The van der Waals surface area contributed by atoms with E-state index in [0.29, 0.717) is 0 Å². The zero-order chi connectivity index (χ0) is 4.28. The van der Waals surface area contributed by atoms with Crippen molar-refractivity contribution < 1.29 is 0 Å². The molecule has 0 rings (SSSR count). The van der Waals surface area contributed by atoms with Crippen LogP contribution in [-0.4, -0.2) is 0 Å². The molecule has 0 aliphatic carbocycles. The molecule has 0 aromatic rings. The Labute approximate surface area is 37.4 Å². The molecule has 1 heteroatoms. The first-order valence-corrected chi connectivity index (χ1v) is 1.67. The van der Waals surface area contributed by atoms with Gasteiger partial charge in [-0.25, -0.2) is 0 Å². The molecule has 0 aliphatic rings. The molecule has 0 N–H and O–H groups in total. The fourth-order valence-electron chi connectivity index (χ4n) is 0. The number of halogens is 1. The molecule has 0 spiro atoms. The summed E-state index contributed by atoms with van der Waals surface area (Å²) in [5, 5.41) is 0. The summed E-state index contributed by atoms with van der Waals surface area (Å²) in [5.41, 5.74) is 0.770. The second kappa shape index (κ2) is 2.28. The third-order valence-corrected chi connectivity index (χ3v) is 0.484. The van der Waals surface area contributed by atoms with E-state index in [1.54, 1.807) is 6.92 Å². The van der Waals surface area contributed by atoms with Crippen LogP contribution in [0.1, 0.15) is 6.92 Å². The minimum absolute atomic E-state index is 0.770. The molecular formula is C4H5Cl. The highest BCUT2D eigenvalue weighted by Gasteiger charge is 1.73. The Kier molecular flexibility index (Phi) is 2.29. The van der Waals surface area contributed by atoms with Gasteiger partial charge in [-0.1, -0.05) is 12.2 Å². The maximum Gasteiger partial charge on any atom is 0.115 e. The average Bonchev–Trinajstić information content (AvgIpc) is 1.38. The van der Waals surface area contributed by atoms with Crippen LogP contribution >= 0.6 is 11.6 Å². The molecule has 0 bridgehead atoms. The Balaban J connectivity index is 2.85. The van der Waals surface area contributed by atoms with Gasteiger partial charge >= 0.3 is 0 Å². The van der Waals surface area contributed by atoms with Gasteiger partial charge in [-0.05, 0) is 6.92 Å². The molecule has 0 heterocycles. The summed E-state index contributed by atoms with van der Waals surface area (Å²) < 4.78 is 0. The molecular weight excluding hydrogens is 83.5 g/mol. The summed E-state index contributed by atoms with van der Waals surface area (Å²) >= 11 is 4.99. The summed E-state index contributed by atoms with van der Waals surface area (Å²) in [6, 6.07) is 0. The van der Waals surface area contributed by atoms with Crippen molar-refractivity contribution >= 4 is 11.6 Å². The van der Waals surface area contributed by atoms with E-state index in [0.717, 1.165) is 5.57 Å². The molecule has 0 saturated heterocycles. The van der Waals surface area contributed by atoms with Gasteiger partial charge in [0.05, 0.1) is 0 Å². The second-order valence-electron chi connectivity index (χ2n) is 0.875. The van der Waals surface area contributed by atoms with Crippen LogP contribution < -0.4 is 0 Å². The monoisotopic (exact) mass is 88.0 g/mol. The Morgan fingerprint density at radius 1 is 2.00 bits per heavy atom.